The number of hydrogen-bond donors (Lipinski definition) is 3. The molecular weight excluding hydrogens is 256 g/mol. The topological polar surface area (TPSA) is 92.9 Å². The number of carbonyl (C=O) groups excluding carboxylic acids is 1. The Balaban J connectivity index is 1.76. The number of nitrogens with one attached hydrogen (secondary N) is 2. The van der Waals surface area contributed by atoms with Gasteiger partial charge < -0.3 is 16.0 Å². The van der Waals surface area contributed by atoms with Gasteiger partial charge in [0, 0.05) is 24.6 Å². The molecule has 1 amide bonds. The molecule has 104 valence electrons. The number of aromatic amines is 1. The molecule has 4 N–H and O–H groups in total. The first-order chi connectivity index (χ1) is 9.64. The lowest BCUT2D eigenvalue weighted by Gasteiger charge is -2.13. The number of imidazole rings is 1. The molecule has 6 heteroatoms. The average molecular weight is 272 g/mol. The zero-order valence-electron chi connectivity index (χ0n) is 10.9. The smallest absolute Gasteiger partial charge is 0.329 e. The first-order valence-electron chi connectivity index (χ1n) is 6.53. The summed E-state index contributed by atoms with van der Waals surface area (Å²) in [5.74, 6) is -0.0217. The summed E-state index contributed by atoms with van der Waals surface area (Å²) in [5, 5.41) is 2.87. The van der Waals surface area contributed by atoms with E-state index >= 15 is 0 Å². The molecule has 1 aromatic carbocycles. The average Bonchev–Trinajstić information content (AvgIpc) is 3.16. The van der Waals surface area contributed by atoms with Crippen molar-refractivity contribution >= 4 is 11.6 Å². The third kappa shape index (κ3) is 2.14. The van der Waals surface area contributed by atoms with E-state index in [1.165, 1.54) is 4.57 Å². The van der Waals surface area contributed by atoms with Gasteiger partial charge in [-0.2, -0.15) is 0 Å². The molecule has 20 heavy (non-hydrogen) atoms. The van der Waals surface area contributed by atoms with Crippen molar-refractivity contribution in [2.75, 3.05) is 11.9 Å². The third-order valence-electron chi connectivity index (χ3n) is 3.78. The summed E-state index contributed by atoms with van der Waals surface area (Å²) < 4.78 is 1.49. The fourth-order valence-corrected chi connectivity index (χ4v) is 2.17. The van der Waals surface area contributed by atoms with Gasteiger partial charge in [0.05, 0.1) is 11.1 Å². The van der Waals surface area contributed by atoms with Gasteiger partial charge in [0.15, 0.2) is 0 Å². The summed E-state index contributed by atoms with van der Waals surface area (Å²) in [6, 6.07) is 7.12. The van der Waals surface area contributed by atoms with Gasteiger partial charge in [-0.1, -0.05) is 0 Å². The lowest BCUT2D eigenvalue weighted by molar-refractivity contribution is -0.120. The van der Waals surface area contributed by atoms with Crippen molar-refractivity contribution in [3.8, 4) is 5.69 Å². The molecule has 1 heterocycles. The molecule has 0 aliphatic heterocycles. The molecule has 0 atom stereocenters. The summed E-state index contributed by atoms with van der Waals surface area (Å²) in [5.41, 5.74) is 6.52. The van der Waals surface area contributed by atoms with Crippen LogP contribution in [0.15, 0.2) is 41.5 Å². The van der Waals surface area contributed by atoms with Crippen LogP contribution in [0, 0.1) is 5.41 Å². The number of anilines is 1. The Hall–Kier alpha value is -2.34. The molecule has 3 rings (SSSR count). The van der Waals surface area contributed by atoms with Crippen LogP contribution in [0.2, 0.25) is 0 Å². The lowest BCUT2D eigenvalue weighted by atomic mass is 10.1. The number of aromatic nitrogens is 2. The summed E-state index contributed by atoms with van der Waals surface area (Å²) in [7, 11) is 0. The second-order valence-corrected chi connectivity index (χ2v) is 5.12. The number of hydrogen-bond acceptors (Lipinski definition) is 3. The van der Waals surface area contributed by atoms with E-state index in [-0.39, 0.29) is 17.0 Å². The number of carbonyl (C=O) groups is 1. The predicted molar refractivity (Wildman–Crippen MR) is 75.7 cm³/mol. The van der Waals surface area contributed by atoms with Crippen LogP contribution in [0.25, 0.3) is 5.69 Å². The van der Waals surface area contributed by atoms with Crippen LogP contribution in [0.5, 0.6) is 0 Å². The molecule has 1 aliphatic rings. The molecule has 0 bridgehead atoms. The molecule has 0 saturated heterocycles. The molecule has 0 spiro atoms. The first kappa shape index (κ1) is 12.7. The molecule has 1 saturated carbocycles. The highest BCUT2D eigenvalue weighted by Gasteiger charge is 2.48. The van der Waals surface area contributed by atoms with Crippen molar-refractivity contribution in [2.24, 2.45) is 11.1 Å². The van der Waals surface area contributed by atoms with E-state index < -0.39 is 0 Å². The number of nitrogens with zero attached hydrogens (tertiary/aromatic N) is 1. The van der Waals surface area contributed by atoms with Gasteiger partial charge in [0.2, 0.25) is 5.91 Å². The van der Waals surface area contributed by atoms with Gasteiger partial charge in [-0.15, -0.1) is 0 Å². The summed E-state index contributed by atoms with van der Waals surface area (Å²) in [6.07, 6.45) is 4.94. The quantitative estimate of drug-likeness (QED) is 0.770. The number of nitrogens with two attached hydrogens (primary N) is 1. The van der Waals surface area contributed by atoms with Crippen LogP contribution in [-0.2, 0) is 4.79 Å². The summed E-state index contributed by atoms with van der Waals surface area (Å²) in [4.78, 5) is 26.1. The lowest BCUT2D eigenvalue weighted by Crippen LogP contribution is -2.30. The van der Waals surface area contributed by atoms with Crippen LogP contribution in [-0.4, -0.2) is 22.0 Å². The van der Waals surface area contributed by atoms with Crippen LogP contribution < -0.4 is 16.7 Å². The highest BCUT2D eigenvalue weighted by Crippen LogP contribution is 2.45. The SMILES string of the molecule is NCC1(C(=O)Nc2ccc(-n3cc[nH]c3=O)cc2)CC1. The molecular formula is C14H16N4O2. The molecule has 1 aromatic heterocycles. The zero-order chi connectivity index (χ0) is 14.2. The molecule has 1 fully saturated rings. The molecule has 2 aromatic rings. The van der Waals surface area contributed by atoms with E-state index in [9.17, 15) is 9.59 Å². The van der Waals surface area contributed by atoms with Gasteiger partial charge in [-0.3, -0.25) is 9.36 Å². The van der Waals surface area contributed by atoms with Crippen molar-refractivity contribution in [3.63, 3.8) is 0 Å². The number of amides is 1. The van der Waals surface area contributed by atoms with Gasteiger partial charge in [0.25, 0.3) is 0 Å². The molecule has 0 radical (unpaired) electrons. The van der Waals surface area contributed by atoms with Gasteiger partial charge in [0.1, 0.15) is 0 Å². The Morgan fingerprint density at radius 2 is 2.05 bits per heavy atom. The fraction of sp³-hybridized carbons (Fsp3) is 0.286. The van der Waals surface area contributed by atoms with Crippen LogP contribution in [0.3, 0.4) is 0 Å². The van der Waals surface area contributed by atoms with Crippen LogP contribution in [0.4, 0.5) is 5.69 Å². The minimum absolute atomic E-state index is 0.0217. The number of H-pyrrole nitrogens is 1. The van der Waals surface area contributed by atoms with Crippen molar-refractivity contribution in [2.45, 2.75) is 12.8 Å². The van der Waals surface area contributed by atoms with Crippen LogP contribution in [0.1, 0.15) is 12.8 Å². The Bertz CT molecular complexity index is 680. The van der Waals surface area contributed by atoms with E-state index in [4.69, 9.17) is 5.73 Å². The minimum atomic E-state index is -0.365. The van der Waals surface area contributed by atoms with Crippen molar-refractivity contribution < 1.29 is 4.79 Å². The maximum absolute atomic E-state index is 12.0. The van der Waals surface area contributed by atoms with Crippen molar-refractivity contribution in [1.82, 2.24) is 9.55 Å². The Morgan fingerprint density at radius 3 is 2.55 bits per heavy atom. The standard InChI is InChI=1S/C14H16N4O2/c15-9-14(5-6-14)12(19)17-10-1-3-11(4-2-10)18-8-7-16-13(18)20/h1-4,7-8H,5-6,9,15H2,(H,16,20)(H,17,19). The fourth-order valence-electron chi connectivity index (χ4n) is 2.17. The zero-order valence-corrected chi connectivity index (χ0v) is 10.9. The van der Waals surface area contributed by atoms with E-state index in [2.05, 4.69) is 10.3 Å². The Labute approximate surface area is 115 Å². The third-order valence-corrected chi connectivity index (χ3v) is 3.78. The highest BCUT2D eigenvalue weighted by atomic mass is 16.2. The maximum Gasteiger partial charge on any atom is 0.330 e. The molecule has 1 aliphatic carbocycles. The highest BCUT2D eigenvalue weighted by molar-refractivity contribution is 5.97. The normalized spacial score (nSPS) is 15.8. The monoisotopic (exact) mass is 272 g/mol. The molecule has 6 nitrogen and oxygen atoms in total. The van der Waals surface area contributed by atoms with E-state index in [0.29, 0.717) is 12.2 Å². The Kier molecular flexibility index (Phi) is 2.94. The summed E-state index contributed by atoms with van der Waals surface area (Å²) >= 11 is 0. The maximum atomic E-state index is 12.0. The second-order valence-electron chi connectivity index (χ2n) is 5.12. The largest absolute Gasteiger partial charge is 0.330 e. The first-order valence-corrected chi connectivity index (χ1v) is 6.53. The summed E-state index contributed by atoms with van der Waals surface area (Å²) in [6.45, 7) is 0.385. The van der Waals surface area contributed by atoms with Gasteiger partial charge >= 0.3 is 5.69 Å². The van der Waals surface area contributed by atoms with Gasteiger partial charge in [-0.05, 0) is 37.1 Å². The number of benzene rings is 1. The van der Waals surface area contributed by atoms with Gasteiger partial charge in [-0.25, -0.2) is 4.79 Å². The predicted octanol–water partition coefficient (Wildman–Crippen LogP) is 0.843. The molecule has 0 unspecified atom stereocenters. The van der Waals surface area contributed by atoms with Crippen LogP contribution >= 0.6 is 0 Å². The van der Waals surface area contributed by atoms with E-state index in [0.717, 1.165) is 18.5 Å². The van der Waals surface area contributed by atoms with Crippen molar-refractivity contribution in [3.05, 3.63) is 47.1 Å². The van der Waals surface area contributed by atoms with E-state index in [1.54, 1.807) is 36.7 Å². The second kappa shape index (κ2) is 4.64. The van der Waals surface area contributed by atoms with Crippen molar-refractivity contribution in [1.29, 1.82) is 0 Å². The van der Waals surface area contributed by atoms with E-state index in [1.807, 2.05) is 0 Å². The Morgan fingerprint density at radius 1 is 1.35 bits per heavy atom. The number of rotatable bonds is 4. The minimum Gasteiger partial charge on any atom is -0.329 e.